The molecular weight excluding hydrogens is 426 g/mol. The number of nitrogens with one attached hydrogen (secondary N) is 1. The Labute approximate surface area is 204 Å². The van der Waals surface area contributed by atoms with E-state index in [0.717, 1.165) is 32.2 Å². The minimum Gasteiger partial charge on any atom is -0.465 e. The van der Waals surface area contributed by atoms with Gasteiger partial charge in [0.05, 0.1) is 0 Å². The molecule has 5 nitrogen and oxygen atoms in total. The van der Waals surface area contributed by atoms with E-state index in [1.165, 1.54) is 22.3 Å². The lowest BCUT2D eigenvalue weighted by atomic mass is 9.86. The molecule has 0 heterocycles. The number of benzene rings is 2. The zero-order valence-corrected chi connectivity index (χ0v) is 20.5. The van der Waals surface area contributed by atoms with E-state index in [2.05, 4.69) is 47.6 Å². The van der Waals surface area contributed by atoms with Crippen molar-refractivity contribution in [1.29, 1.82) is 0 Å². The van der Waals surface area contributed by atoms with E-state index in [-0.39, 0.29) is 17.4 Å². The number of ether oxygens (including phenoxy) is 3. The second-order valence-electron chi connectivity index (χ2n) is 8.91. The molecule has 0 saturated carbocycles. The highest BCUT2D eigenvalue weighted by Gasteiger charge is 2.31. The van der Waals surface area contributed by atoms with E-state index in [0.29, 0.717) is 32.7 Å². The number of rotatable bonds is 15. The maximum atomic E-state index is 12.9. The van der Waals surface area contributed by atoms with Crippen molar-refractivity contribution in [3.63, 3.8) is 0 Å². The summed E-state index contributed by atoms with van der Waals surface area (Å²) in [5, 5.41) is 3.65. The Morgan fingerprint density at radius 1 is 0.971 bits per heavy atom. The number of unbranched alkanes of at least 4 members (excludes halogenated alkanes) is 1. The summed E-state index contributed by atoms with van der Waals surface area (Å²) in [6.07, 6.45) is 9.60. The first-order valence-electron chi connectivity index (χ1n) is 12.1. The lowest BCUT2D eigenvalue weighted by Crippen LogP contribution is -2.48. The van der Waals surface area contributed by atoms with Crippen molar-refractivity contribution in [3.05, 3.63) is 59.7 Å². The van der Waals surface area contributed by atoms with E-state index in [9.17, 15) is 4.79 Å². The van der Waals surface area contributed by atoms with E-state index in [1.807, 2.05) is 12.1 Å². The number of fused-ring (bicyclic) bond motifs is 3. The summed E-state index contributed by atoms with van der Waals surface area (Å²) in [6, 6.07) is 16.8. The molecule has 0 fully saturated rings. The highest BCUT2D eigenvalue weighted by molar-refractivity contribution is 5.79. The number of hydrogen-bond acceptors (Lipinski definition) is 5. The van der Waals surface area contributed by atoms with Gasteiger partial charge in [0.2, 0.25) is 0 Å². The summed E-state index contributed by atoms with van der Waals surface area (Å²) in [5.41, 5.74) is 4.65. The van der Waals surface area contributed by atoms with Gasteiger partial charge in [-0.2, -0.15) is 0 Å². The molecule has 0 saturated heterocycles. The zero-order chi connectivity index (χ0) is 24.2. The average molecular weight is 464 g/mol. The number of carbonyl (C=O) groups excluding carboxylic acids is 1. The molecule has 2 aromatic rings. The number of esters is 1. The van der Waals surface area contributed by atoms with Crippen molar-refractivity contribution < 1.29 is 19.0 Å². The first kappa shape index (κ1) is 26.0. The molecule has 34 heavy (non-hydrogen) atoms. The Morgan fingerprint density at radius 3 is 2.12 bits per heavy atom. The second kappa shape index (κ2) is 13.3. The highest BCUT2D eigenvalue weighted by Crippen LogP contribution is 2.44. The normalized spacial score (nSPS) is 12.7. The van der Waals surface area contributed by atoms with E-state index < -0.39 is 0 Å². The van der Waals surface area contributed by atoms with Gasteiger partial charge in [-0.25, -0.2) is 0 Å². The number of terminal acetylenes is 1. The molecule has 3 rings (SSSR count). The van der Waals surface area contributed by atoms with Crippen LogP contribution in [0.15, 0.2) is 48.5 Å². The van der Waals surface area contributed by atoms with Gasteiger partial charge in [0.1, 0.15) is 6.61 Å². The Kier molecular flexibility index (Phi) is 10.2. The summed E-state index contributed by atoms with van der Waals surface area (Å²) in [7, 11) is 3.40. The van der Waals surface area contributed by atoms with Crippen molar-refractivity contribution in [2.45, 2.75) is 50.0 Å². The Morgan fingerprint density at radius 2 is 1.56 bits per heavy atom. The molecule has 182 valence electrons. The van der Waals surface area contributed by atoms with Crippen LogP contribution in [-0.4, -0.2) is 52.1 Å². The third-order valence-electron chi connectivity index (χ3n) is 6.75. The molecule has 1 N–H and O–H groups in total. The van der Waals surface area contributed by atoms with Gasteiger partial charge in [-0.3, -0.25) is 4.79 Å². The fraction of sp³-hybridized carbons (Fsp3) is 0.483. The maximum absolute atomic E-state index is 12.9. The maximum Gasteiger partial charge on any atom is 0.305 e. The zero-order valence-electron chi connectivity index (χ0n) is 20.5. The van der Waals surface area contributed by atoms with Crippen LogP contribution in [0.2, 0.25) is 0 Å². The third-order valence-corrected chi connectivity index (χ3v) is 6.75. The average Bonchev–Trinajstić information content (AvgIpc) is 3.19. The molecule has 0 atom stereocenters. The van der Waals surface area contributed by atoms with Gasteiger partial charge < -0.3 is 19.5 Å². The Balaban J connectivity index is 1.62. The van der Waals surface area contributed by atoms with E-state index in [1.54, 1.807) is 14.2 Å². The van der Waals surface area contributed by atoms with Gasteiger partial charge in [0.25, 0.3) is 0 Å². The Bertz CT molecular complexity index is 911. The molecule has 0 aromatic heterocycles. The van der Waals surface area contributed by atoms with Crippen molar-refractivity contribution in [2.24, 2.45) is 0 Å². The van der Waals surface area contributed by atoms with Crippen LogP contribution >= 0.6 is 0 Å². The van der Waals surface area contributed by atoms with Crippen LogP contribution in [0.5, 0.6) is 0 Å². The molecule has 0 spiro atoms. The predicted molar refractivity (Wildman–Crippen MR) is 136 cm³/mol. The summed E-state index contributed by atoms with van der Waals surface area (Å²) in [4.78, 5) is 12.9. The molecule has 2 aromatic carbocycles. The van der Waals surface area contributed by atoms with Gasteiger partial charge in [-0.15, -0.1) is 12.3 Å². The van der Waals surface area contributed by atoms with Gasteiger partial charge in [0, 0.05) is 51.7 Å². The standard InChI is InChI=1S/C29H37NO4/c1-4-5-10-19-30-29(17-20-32-2,18-21-33-3)16-15-28(31)34-22-27-25-13-8-6-11-23(25)24-12-7-9-14-26(24)27/h1,6-9,11-14,27,30H,5,10,15-22H2,2-3H3. The topological polar surface area (TPSA) is 56.8 Å². The number of carbonyl (C=O) groups is 1. The molecule has 0 radical (unpaired) electrons. The van der Waals surface area contributed by atoms with Gasteiger partial charge in [0.15, 0.2) is 0 Å². The lowest BCUT2D eigenvalue weighted by molar-refractivity contribution is -0.144. The summed E-state index contributed by atoms with van der Waals surface area (Å²) in [5.74, 6) is 2.58. The van der Waals surface area contributed by atoms with Crippen LogP contribution in [0.1, 0.15) is 55.6 Å². The smallest absolute Gasteiger partial charge is 0.305 e. The quantitative estimate of drug-likeness (QED) is 0.230. The Hall–Kier alpha value is -2.65. The molecule has 0 unspecified atom stereocenters. The number of hydrogen-bond donors (Lipinski definition) is 1. The highest BCUT2D eigenvalue weighted by atomic mass is 16.5. The number of methoxy groups -OCH3 is 2. The largest absolute Gasteiger partial charge is 0.465 e. The van der Waals surface area contributed by atoms with Crippen molar-refractivity contribution >= 4 is 5.97 Å². The minimum absolute atomic E-state index is 0.0741. The SMILES string of the molecule is C#CCCCNC(CCOC)(CCOC)CCC(=O)OCC1c2ccccc2-c2ccccc21. The first-order chi connectivity index (χ1) is 16.6. The fourth-order valence-electron chi connectivity index (χ4n) is 4.81. The first-order valence-corrected chi connectivity index (χ1v) is 12.1. The van der Waals surface area contributed by atoms with Crippen molar-refractivity contribution in [1.82, 2.24) is 5.32 Å². The van der Waals surface area contributed by atoms with Crippen LogP contribution < -0.4 is 5.32 Å². The van der Waals surface area contributed by atoms with Gasteiger partial charge >= 0.3 is 5.97 Å². The van der Waals surface area contributed by atoms with Crippen LogP contribution in [0, 0.1) is 12.3 Å². The van der Waals surface area contributed by atoms with Crippen LogP contribution in [0.3, 0.4) is 0 Å². The van der Waals surface area contributed by atoms with Gasteiger partial charge in [-0.1, -0.05) is 48.5 Å². The molecule has 0 amide bonds. The molecule has 0 bridgehead atoms. The molecule has 1 aliphatic carbocycles. The van der Waals surface area contributed by atoms with E-state index in [4.69, 9.17) is 20.6 Å². The van der Waals surface area contributed by atoms with Crippen LogP contribution in [0.4, 0.5) is 0 Å². The van der Waals surface area contributed by atoms with Crippen LogP contribution in [0.25, 0.3) is 11.1 Å². The lowest BCUT2D eigenvalue weighted by Gasteiger charge is -2.35. The predicted octanol–water partition coefficient (Wildman–Crippen LogP) is 4.94. The summed E-state index contributed by atoms with van der Waals surface area (Å²) in [6.45, 7) is 2.36. The third kappa shape index (κ3) is 6.70. The monoisotopic (exact) mass is 463 g/mol. The second-order valence-corrected chi connectivity index (χ2v) is 8.91. The minimum atomic E-state index is -0.258. The summed E-state index contributed by atoms with van der Waals surface area (Å²) >= 11 is 0. The van der Waals surface area contributed by atoms with Gasteiger partial charge in [-0.05, 0) is 54.5 Å². The molecule has 0 aliphatic heterocycles. The van der Waals surface area contributed by atoms with Crippen molar-refractivity contribution in [3.8, 4) is 23.5 Å². The molecular formula is C29H37NO4. The fourth-order valence-corrected chi connectivity index (χ4v) is 4.81. The van der Waals surface area contributed by atoms with Crippen LogP contribution in [-0.2, 0) is 19.0 Å². The molecule has 5 heteroatoms. The van der Waals surface area contributed by atoms with E-state index >= 15 is 0 Å². The summed E-state index contributed by atoms with van der Waals surface area (Å²) < 4.78 is 16.6. The molecule has 1 aliphatic rings. The van der Waals surface area contributed by atoms with Crippen molar-refractivity contribution in [2.75, 3.05) is 40.6 Å².